The van der Waals surface area contributed by atoms with E-state index in [2.05, 4.69) is 15.4 Å². The molecule has 2 heterocycles. The number of anilines is 1. The van der Waals surface area contributed by atoms with Gasteiger partial charge in [0.2, 0.25) is 10.1 Å². The minimum atomic E-state index is 0.159. The zero-order valence-electron chi connectivity index (χ0n) is 12.9. The van der Waals surface area contributed by atoms with E-state index in [1.807, 2.05) is 18.2 Å². The van der Waals surface area contributed by atoms with E-state index in [-0.39, 0.29) is 6.61 Å². The summed E-state index contributed by atoms with van der Waals surface area (Å²) < 4.78 is 12.4. The molecule has 0 saturated heterocycles. The van der Waals surface area contributed by atoms with Crippen molar-refractivity contribution in [3.05, 3.63) is 24.4 Å². The van der Waals surface area contributed by atoms with E-state index in [0.29, 0.717) is 24.5 Å². The topological polar surface area (TPSA) is 80.9 Å². The molecule has 0 radical (unpaired) electrons. The molecule has 1 aromatic carbocycles. The molecule has 0 amide bonds. The molecule has 0 unspecified atom stereocenters. The average molecular weight is 334 g/mol. The first-order chi connectivity index (χ1) is 11.3. The Morgan fingerprint density at radius 1 is 1.26 bits per heavy atom. The Morgan fingerprint density at radius 3 is 2.83 bits per heavy atom. The monoisotopic (exact) mass is 334 g/mol. The SMILES string of the molecule is COc1ccc(-c2cnc3sc(NCCCO)nn23)cc1OC. The number of benzene rings is 1. The Morgan fingerprint density at radius 2 is 2.09 bits per heavy atom. The number of fused-ring (bicyclic) bond motifs is 1. The molecular formula is C15H18N4O3S. The molecule has 122 valence electrons. The van der Waals surface area contributed by atoms with Gasteiger partial charge in [0, 0.05) is 18.7 Å². The highest BCUT2D eigenvalue weighted by molar-refractivity contribution is 7.20. The molecule has 3 aromatic rings. The van der Waals surface area contributed by atoms with E-state index < -0.39 is 0 Å². The van der Waals surface area contributed by atoms with Crippen molar-refractivity contribution in [1.82, 2.24) is 14.6 Å². The molecule has 0 saturated carbocycles. The molecule has 0 fully saturated rings. The van der Waals surface area contributed by atoms with Crippen molar-refractivity contribution in [1.29, 1.82) is 0 Å². The standard InChI is InChI=1S/C15H18N4O3S/c1-21-12-5-4-10(8-13(12)22-2)11-9-17-15-19(11)18-14(23-15)16-6-3-7-20/h4-5,8-9,20H,3,6-7H2,1-2H3,(H,16,18). The summed E-state index contributed by atoms with van der Waals surface area (Å²) in [7, 11) is 3.22. The molecule has 0 spiro atoms. The molecule has 8 heteroatoms. The van der Waals surface area contributed by atoms with Crippen LogP contribution in [0.15, 0.2) is 24.4 Å². The normalized spacial score (nSPS) is 10.9. The number of aliphatic hydroxyl groups excluding tert-OH is 1. The second-order valence-electron chi connectivity index (χ2n) is 4.82. The first-order valence-corrected chi connectivity index (χ1v) is 8.00. The maximum Gasteiger partial charge on any atom is 0.214 e. The zero-order valence-corrected chi connectivity index (χ0v) is 13.8. The first-order valence-electron chi connectivity index (χ1n) is 7.18. The van der Waals surface area contributed by atoms with Crippen LogP contribution in [0.5, 0.6) is 11.5 Å². The van der Waals surface area contributed by atoms with E-state index in [1.165, 1.54) is 11.3 Å². The van der Waals surface area contributed by atoms with Gasteiger partial charge in [0.15, 0.2) is 11.5 Å². The number of hydrogen-bond acceptors (Lipinski definition) is 7. The van der Waals surface area contributed by atoms with Gasteiger partial charge in [-0.1, -0.05) is 11.3 Å². The summed E-state index contributed by atoms with van der Waals surface area (Å²) in [5, 5.41) is 17.3. The summed E-state index contributed by atoms with van der Waals surface area (Å²) in [4.78, 5) is 5.21. The predicted octanol–water partition coefficient (Wildman–Crippen LogP) is 2.27. The maximum atomic E-state index is 8.83. The molecule has 2 N–H and O–H groups in total. The van der Waals surface area contributed by atoms with Gasteiger partial charge in [-0.3, -0.25) is 0 Å². The van der Waals surface area contributed by atoms with Gasteiger partial charge in [-0.25, -0.2) is 9.50 Å². The van der Waals surface area contributed by atoms with Crippen molar-refractivity contribution in [2.24, 2.45) is 0 Å². The number of imidazole rings is 1. The predicted molar refractivity (Wildman–Crippen MR) is 89.6 cm³/mol. The van der Waals surface area contributed by atoms with Crippen LogP contribution >= 0.6 is 11.3 Å². The Kier molecular flexibility index (Phi) is 4.63. The smallest absolute Gasteiger partial charge is 0.214 e. The second-order valence-corrected chi connectivity index (χ2v) is 5.77. The van der Waals surface area contributed by atoms with Crippen molar-refractivity contribution in [2.45, 2.75) is 6.42 Å². The van der Waals surface area contributed by atoms with Crippen LogP contribution in [-0.2, 0) is 0 Å². The Labute approximate surface area is 137 Å². The van der Waals surface area contributed by atoms with Crippen LogP contribution in [0.3, 0.4) is 0 Å². The van der Waals surface area contributed by atoms with E-state index in [4.69, 9.17) is 14.6 Å². The summed E-state index contributed by atoms with van der Waals surface area (Å²) >= 11 is 1.47. The number of hydrogen-bond donors (Lipinski definition) is 2. The van der Waals surface area contributed by atoms with Gasteiger partial charge in [0.1, 0.15) is 0 Å². The molecule has 0 atom stereocenters. The number of methoxy groups -OCH3 is 2. The minimum absolute atomic E-state index is 0.159. The lowest BCUT2D eigenvalue weighted by Crippen LogP contribution is -2.03. The van der Waals surface area contributed by atoms with E-state index in [0.717, 1.165) is 21.3 Å². The highest BCUT2D eigenvalue weighted by Crippen LogP contribution is 2.33. The van der Waals surface area contributed by atoms with Crippen molar-refractivity contribution >= 4 is 21.4 Å². The quantitative estimate of drug-likeness (QED) is 0.645. The minimum Gasteiger partial charge on any atom is -0.493 e. The third kappa shape index (κ3) is 3.08. The average Bonchev–Trinajstić information content (AvgIpc) is 3.14. The largest absolute Gasteiger partial charge is 0.493 e. The molecule has 2 aromatic heterocycles. The van der Waals surface area contributed by atoms with Gasteiger partial charge >= 0.3 is 0 Å². The lowest BCUT2D eigenvalue weighted by atomic mass is 10.1. The molecule has 0 aliphatic rings. The Balaban J connectivity index is 1.93. The lowest BCUT2D eigenvalue weighted by Gasteiger charge is -2.08. The van der Waals surface area contributed by atoms with Crippen LogP contribution in [0.4, 0.5) is 5.13 Å². The van der Waals surface area contributed by atoms with Gasteiger partial charge in [-0.05, 0) is 24.6 Å². The fourth-order valence-electron chi connectivity index (χ4n) is 2.23. The summed E-state index contributed by atoms with van der Waals surface area (Å²) in [6, 6.07) is 5.71. The summed E-state index contributed by atoms with van der Waals surface area (Å²) in [5.41, 5.74) is 1.83. The van der Waals surface area contributed by atoms with Crippen molar-refractivity contribution in [3.8, 4) is 22.8 Å². The number of nitrogens with one attached hydrogen (secondary N) is 1. The molecule has 0 bridgehead atoms. The van der Waals surface area contributed by atoms with Gasteiger partial charge in [0.25, 0.3) is 0 Å². The number of ether oxygens (including phenoxy) is 2. The lowest BCUT2D eigenvalue weighted by molar-refractivity contribution is 0.292. The molecule has 7 nitrogen and oxygen atoms in total. The zero-order chi connectivity index (χ0) is 16.2. The van der Waals surface area contributed by atoms with Crippen LogP contribution < -0.4 is 14.8 Å². The van der Waals surface area contributed by atoms with Crippen molar-refractivity contribution in [2.75, 3.05) is 32.7 Å². The molecule has 0 aliphatic carbocycles. The van der Waals surface area contributed by atoms with E-state index in [1.54, 1.807) is 24.9 Å². The van der Waals surface area contributed by atoms with Crippen molar-refractivity contribution < 1.29 is 14.6 Å². The van der Waals surface area contributed by atoms with Gasteiger partial charge in [-0.15, -0.1) is 5.10 Å². The van der Waals surface area contributed by atoms with Gasteiger partial charge in [0.05, 0.1) is 26.1 Å². The Bertz CT molecular complexity index is 799. The molecule has 0 aliphatic heterocycles. The summed E-state index contributed by atoms with van der Waals surface area (Å²) in [6.45, 7) is 0.839. The van der Waals surface area contributed by atoms with Crippen LogP contribution in [0.2, 0.25) is 0 Å². The number of aliphatic hydroxyl groups is 1. The van der Waals surface area contributed by atoms with Crippen LogP contribution in [-0.4, -0.2) is 47.1 Å². The first kappa shape index (κ1) is 15.6. The third-order valence-corrected chi connectivity index (χ3v) is 4.26. The fraction of sp³-hybridized carbons (Fsp3) is 0.333. The number of nitrogens with zero attached hydrogens (tertiary/aromatic N) is 3. The highest BCUT2D eigenvalue weighted by atomic mass is 32.1. The van der Waals surface area contributed by atoms with Crippen LogP contribution in [0, 0.1) is 0 Å². The molecule has 23 heavy (non-hydrogen) atoms. The van der Waals surface area contributed by atoms with E-state index >= 15 is 0 Å². The van der Waals surface area contributed by atoms with Gasteiger partial charge in [-0.2, -0.15) is 0 Å². The number of aromatic nitrogens is 3. The summed E-state index contributed by atoms with van der Waals surface area (Å²) in [6.07, 6.45) is 2.47. The number of rotatable bonds is 7. The second kappa shape index (κ2) is 6.84. The summed E-state index contributed by atoms with van der Waals surface area (Å²) in [5.74, 6) is 1.35. The Hall–Kier alpha value is -2.32. The molecule has 3 rings (SSSR count). The fourth-order valence-corrected chi connectivity index (χ4v) is 3.03. The van der Waals surface area contributed by atoms with Crippen LogP contribution in [0.25, 0.3) is 16.2 Å². The van der Waals surface area contributed by atoms with Crippen molar-refractivity contribution in [3.63, 3.8) is 0 Å². The maximum absolute atomic E-state index is 8.83. The van der Waals surface area contributed by atoms with Crippen LogP contribution in [0.1, 0.15) is 6.42 Å². The van der Waals surface area contributed by atoms with Gasteiger partial charge < -0.3 is 19.9 Å². The molecular weight excluding hydrogens is 316 g/mol. The van der Waals surface area contributed by atoms with E-state index in [9.17, 15) is 0 Å². The third-order valence-electron chi connectivity index (χ3n) is 3.38. The highest BCUT2D eigenvalue weighted by Gasteiger charge is 2.13.